The number of likely N-dealkylation sites (N-methyl/N-ethyl adjacent to an activating group) is 1. The fourth-order valence-corrected chi connectivity index (χ4v) is 7.07. The van der Waals surface area contributed by atoms with Gasteiger partial charge in [0.2, 0.25) is 5.91 Å². The normalized spacial score (nSPS) is 20.7. The highest BCUT2D eigenvalue weighted by molar-refractivity contribution is 6.31. The summed E-state index contributed by atoms with van der Waals surface area (Å²) in [5, 5.41) is 5.03. The molecule has 0 saturated carbocycles. The molecule has 1 fully saturated rings. The van der Waals surface area contributed by atoms with Gasteiger partial charge in [-0.15, -0.1) is 0 Å². The first-order chi connectivity index (χ1) is 20.9. The summed E-state index contributed by atoms with van der Waals surface area (Å²) in [6, 6.07) is 12.9. The average molecular weight is 604 g/mol. The van der Waals surface area contributed by atoms with E-state index in [1.165, 1.54) is 0 Å². The summed E-state index contributed by atoms with van der Waals surface area (Å²) in [6.07, 6.45) is 2.65. The Bertz CT molecular complexity index is 1580. The molecule has 0 aliphatic carbocycles. The van der Waals surface area contributed by atoms with Crippen LogP contribution in [0.4, 0.5) is 5.69 Å². The molecule has 0 spiro atoms. The molecule has 224 valence electrons. The van der Waals surface area contributed by atoms with E-state index in [1.807, 2.05) is 47.4 Å². The number of hydrogen-bond donors (Lipinski definition) is 0. The van der Waals surface area contributed by atoms with E-state index >= 15 is 0 Å². The quantitative estimate of drug-likeness (QED) is 0.454. The van der Waals surface area contributed by atoms with Crippen LogP contribution in [0.5, 0.6) is 5.75 Å². The standard InChI is InChI=1S/C32H34ClN5O5/c1-35-28-23-9-13-36(30(39)21-11-15-42-16-12-21)18-22(23)7-8-26(28)43-19-25(31(35)40)37-14-10-24-27(32(37)41)34-38(29(24)33)17-20-5-3-2-4-6-20/h2-8,21,25H,9-19H2,1H3/t25-/m0/s1. The Balaban J connectivity index is 1.10. The van der Waals surface area contributed by atoms with Crippen molar-refractivity contribution >= 4 is 35.0 Å². The SMILES string of the molecule is CN1C(=O)[C@@H](N2CCc3c(nn(Cc4ccccc4)c3Cl)C2=O)COc2ccc3c(c21)CCN(C(=O)C1CCOCC1)C3. The number of benzene rings is 2. The molecular formula is C32H34ClN5O5. The van der Waals surface area contributed by atoms with Gasteiger partial charge in [-0.2, -0.15) is 5.10 Å². The molecule has 0 bridgehead atoms. The topological polar surface area (TPSA) is 97.2 Å². The van der Waals surface area contributed by atoms with Crippen LogP contribution in [0, 0.1) is 5.92 Å². The van der Waals surface area contributed by atoms with E-state index in [4.69, 9.17) is 21.1 Å². The number of carbonyl (C=O) groups is 3. The number of amides is 3. The van der Waals surface area contributed by atoms with Gasteiger partial charge in [-0.05, 0) is 48.4 Å². The zero-order valence-electron chi connectivity index (χ0n) is 24.1. The van der Waals surface area contributed by atoms with Gasteiger partial charge in [-0.1, -0.05) is 48.0 Å². The number of carbonyl (C=O) groups excluding carboxylic acids is 3. The van der Waals surface area contributed by atoms with Gasteiger partial charge in [0.05, 0.1) is 12.2 Å². The molecule has 4 aliphatic rings. The van der Waals surface area contributed by atoms with Crippen molar-refractivity contribution in [2.45, 2.75) is 44.8 Å². The van der Waals surface area contributed by atoms with Gasteiger partial charge in [-0.3, -0.25) is 14.4 Å². The Morgan fingerprint density at radius 1 is 1.02 bits per heavy atom. The lowest BCUT2D eigenvalue weighted by Crippen LogP contribution is -2.54. The first-order valence-corrected chi connectivity index (χ1v) is 15.3. The van der Waals surface area contributed by atoms with Crippen LogP contribution in [0.3, 0.4) is 0 Å². The maximum absolute atomic E-state index is 14.0. The van der Waals surface area contributed by atoms with E-state index < -0.39 is 6.04 Å². The van der Waals surface area contributed by atoms with E-state index in [0.717, 1.165) is 35.2 Å². The van der Waals surface area contributed by atoms with Gasteiger partial charge in [0.15, 0.2) is 5.69 Å². The van der Waals surface area contributed by atoms with E-state index in [2.05, 4.69) is 5.10 Å². The molecule has 1 aromatic heterocycles. The van der Waals surface area contributed by atoms with Gasteiger partial charge >= 0.3 is 0 Å². The lowest BCUT2D eigenvalue weighted by molar-refractivity contribution is -0.139. The molecule has 7 rings (SSSR count). The third kappa shape index (κ3) is 4.96. The number of anilines is 1. The predicted octanol–water partition coefficient (Wildman–Crippen LogP) is 3.32. The van der Waals surface area contributed by atoms with Crippen LogP contribution in [-0.2, 0) is 40.3 Å². The minimum absolute atomic E-state index is 0.00619. The van der Waals surface area contributed by atoms with Crippen molar-refractivity contribution in [3.63, 3.8) is 0 Å². The molecule has 3 amide bonds. The fraction of sp³-hybridized carbons (Fsp3) is 0.438. The molecular weight excluding hydrogens is 570 g/mol. The van der Waals surface area contributed by atoms with Gasteiger partial charge in [-0.25, -0.2) is 4.68 Å². The number of hydrogen-bond acceptors (Lipinski definition) is 6. The maximum Gasteiger partial charge on any atom is 0.275 e. The van der Waals surface area contributed by atoms with Crippen molar-refractivity contribution in [3.05, 3.63) is 75.6 Å². The summed E-state index contributed by atoms with van der Waals surface area (Å²) in [4.78, 5) is 46.1. The van der Waals surface area contributed by atoms with Gasteiger partial charge < -0.3 is 24.2 Å². The Kier molecular flexibility index (Phi) is 7.34. The first-order valence-electron chi connectivity index (χ1n) is 14.9. The van der Waals surface area contributed by atoms with Crippen LogP contribution in [0.25, 0.3) is 0 Å². The van der Waals surface area contributed by atoms with Gasteiger partial charge in [0.25, 0.3) is 11.8 Å². The van der Waals surface area contributed by atoms with Gasteiger partial charge in [0, 0.05) is 51.4 Å². The van der Waals surface area contributed by atoms with Crippen molar-refractivity contribution in [1.29, 1.82) is 0 Å². The second-order valence-corrected chi connectivity index (χ2v) is 12.0. The second-order valence-electron chi connectivity index (χ2n) is 11.7. The molecule has 0 radical (unpaired) electrons. The Hall–Kier alpha value is -3.89. The van der Waals surface area contributed by atoms with E-state index in [0.29, 0.717) is 68.7 Å². The zero-order chi connectivity index (χ0) is 29.7. The summed E-state index contributed by atoms with van der Waals surface area (Å²) in [5.41, 5.74) is 4.79. The summed E-state index contributed by atoms with van der Waals surface area (Å²) < 4.78 is 13.3. The molecule has 1 atom stereocenters. The van der Waals surface area contributed by atoms with Crippen LogP contribution in [0.15, 0.2) is 42.5 Å². The molecule has 0 unspecified atom stereocenters. The maximum atomic E-state index is 14.0. The zero-order valence-corrected chi connectivity index (χ0v) is 24.9. The number of rotatable bonds is 4. The molecule has 4 aliphatic heterocycles. The molecule has 10 nitrogen and oxygen atoms in total. The van der Waals surface area contributed by atoms with Crippen molar-refractivity contribution in [2.24, 2.45) is 5.92 Å². The lowest BCUT2D eigenvalue weighted by Gasteiger charge is -2.35. The largest absolute Gasteiger partial charge is 0.489 e. The molecule has 1 saturated heterocycles. The molecule has 5 heterocycles. The number of halogens is 1. The Labute approximate surface area is 255 Å². The van der Waals surface area contributed by atoms with Gasteiger partial charge in [0.1, 0.15) is 23.6 Å². The van der Waals surface area contributed by atoms with Crippen molar-refractivity contribution < 1.29 is 23.9 Å². The van der Waals surface area contributed by atoms with Crippen molar-refractivity contribution in [1.82, 2.24) is 19.6 Å². The highest BCUT2D eigenvalue weighted by Crippen LogP contribution is 2.40. The van der Waals surface area contributed by atoms with Crippen LogP contribution in [-0.4, -0.2) is 83.3 Å². The fourth-order valence-electron chi connectivity index (χ4n) is 6.79. The third-order valence-corrected chi connectivity index (χ3v) is 9.59. The smallest absolute Gasteiger partial charge is 0.275 e. The summed E-state index contributed by atoms with van der Waals surface area (Å²) >= 11 is 6.67. The summed E-state index contributed by atoms with van der Waals surface area (Å²) in [7, 11) is 1.74. The average Bonchev–Trinajstić information content (AvgIpc) is 3.29. The Morgan fingerprint density at radius 2 is 1.79 bits per heavy atom. The number of aromatic nitrogens is 2. The van der Waals surface area contributed by atoms with Crippen LogP contribution in [0.2, 0.25) is 5.15 Å². The molecule has 11 heteroatoms. The van der Waals surface area contributed by atoms with Crippen molar-refractivity contribution in [2.75, 3.05) is 44.9 Å². The highest BCUT2D eigenvalue weighted by Gasteiger charge is 2.42. The lowest BCUT2D eigenvalue weighted by atomic mass is 9.93. The second kappa shape index (κ2) is 11.3. The minimum Gasteiger partial charge on any atom is -0.489 e. The molecule has 0 N–H and O–H groups in total. The molecule has 2 aromatic carbocycles. The Morgan fingerprint density at radius 3 is 2.58 bits per heavy atom. The minimum atomic E-state index is -0.804. The van der Waals surface area contributed by atoms with Crippen molar-refractivity contribution in [3.8, 4) is 5.75 Å². The number of ether oxygens (including phenoxy) is 2. The van der Waals surface area contributed by atoms with E-state index in [1.54, 1.807) is 21.5 Å². The van der Waals surface area contributed by atoms with Crippen LogP contribution in [0.1, 0.15) is 45.6 Å². The number of fused-ring (bicyclic) bond motifs is 4. The molecule has 3 aromatic rings. The number of nitrogens with zero attached hydrogens (tertiary/aromatic N) is 5. The highest BCUT2D eigenvalue weighted by atomic mass is 35.5. The van der Waals surface area contributed by atoms with Crippen LogP contribution < -0.4 is 9.64 Å². The molecule has 43 heavy (non-hydrogen) atoms. The third-order valence-electron chi connectivity index (χ3n) is 9.17. The van der Waals surface area contributed by atoms with E-state index in [-0.39, 0.29) is 35.9 Å². The summed E-state index contributed by atoms with van der Waals surface area (Å²) in [6.45, 7) is 3.19. The monoisotopic (exact) mass is 603 g/mol. The summed E-state index contributed by atoms with van der Waals surface area (Å²) in [5.74, 6) is 0.271. The van der Waals surface area contributed by atoms with E-state index in [9.17, 15) is 14.4 Å². The predicted molar refractivity (Wildman–Crippen MR) is 159 cm³/mol. The van der Waals surface area contributed by atoms with Crippen LogP contribution >= 0.6 is 11.6 Å². The first kappa shape index (κ1) is 27.9.